The third-order valence-electron chi connectivity index (χ3n) is 3.63. The van der Waals surface area contributed by atoms with Gasteiger partial charge in [-0.05, 0) is 41.4 Å². The summed E-state index contributed by atoms with van der Waals surface area (Å²) >= 11 is 1.97. The Morgan fingerprint density at radius 2 is 1.52 bits per heavy atom. The molecule has 0 heterocycles. The molecule has 2 nitrogen and oxygen atoms in total. The van der Waals surface area contributed by atoms with Crippen molar-refractivity contribution in [2.75, 3.05) is 0 Å². The highest BCUT2D eigenvalue weighted by molar-refractivity contribution is 14.1. The number of esters is 1. The highest BCUT2D eigenvalue weighted by atomic mass is 127. The molecule has 0 amide bonds. The van der Waals surface area contributed by atoms with Crippen LogP contribution in [0.1, 0.15) is 37.0 Å². The van der Waals surface area contributed by atoms with Crippen LogP contribution in [0.5, 0.6) is 0 Å². The molecule has 0 saturated heterocycles. The molecular weight excluding hydrogens is 434 g/mol. The molecule has 0 radical (unpaired) electrons. The predicted molar refractivity (Wildman–Crippen MR) is 80.6 cm³/mol. The van der Waals surface area contributed by atoms with Crippen LogP contribution in [0.25, 0.3) is 0 Å². The van der Waals surface area contributed by atoms with Crippen molar-refractivity contribution in [3.8, 4) is 0 Å². The van der Waals surface area contributed by atoms with Gasteiger partial charge in [0.2, 0.25) is 5.82 Å². The summed E-state index contributed by atoms with van der Waals surface area (Å²) in [4.78, 5) is 11.9. The summed E-state index contributed by atoms with van der Waals surface area (Å²) in [5.41, 5.74) is -0.524. The first-order chi connectivity index (χ1) is 10.7. The molecule has 0 aromatic heterocycles. The van der Waals surface area contributed by atoms with Gasteiger partial charge in [-0.25, -0.2) is 26.7 Å². The minimum Gasteiger partial charge on any atom is -0.453 e. The molecule has 0 aliphatic heterocycles. The van der Waals surface area contributed by atoms with E-state index < -0.39 is 46.7 Å². The quantitative estimate of drug-likeness (QED) is 0.214. The van der Waals surface area contributed by atoms with Crippen molar-refractivity contribution >= 4 is 28.6 Å². The van der Waals surface area contributed by atoms with Gasteiger partial charge in [0, 0.05) is 3.58 Å². The summed E-state index contributed by atoms with van der Waals surface area (Å²) < 4.78 is 72.1. The zero-order chi connectivity index (χ0) is 17.5. The van der Waals surface area contributed by atoms with Crippen LogP contribution in [0.3, 0.4) is 0 Å². The number of carbonyl (C=O) groups is 1. The number of allylic oxidation sites excluding steroid dienone is 1. The lowest BCUT2D eigenvalue weighted by molar-refractivity contribution is 0.0377. The minimum absolute atomic E-state index is 0.208. The van der Waals surface area contributed by atoms with Gasteiger partial charge in [0.15, 0.2) is 23.3 Å². The fourth-order valence-corrected chi connectivity index (χ4v) is 3.72. The Bertz CT molecular complexity index is 671. The molecule has 0 fully saturated rings. The van der Waals surface area contributed by atoms with Gasteiger partial charge in [-0.2, -0.15) is 0 Å². The molecular formula is C15H12F5IO2. The van der Waals surface area contributed by atoms with Crippen molar-refractivity contribution in [3.63, 3.8) is 0 Å². The van der Waals surface area contributed by atoms with E-state index in [1.165, 1.54) is 0 Å². The molecule has 1 aliphatic rings. The summed E-state index contributed by atoms with van der Waals surface area (Å²) in [6, 6.07) is 0. The van der Waals surface area contributed by atoms with Crippen LogP contribution in [0.15, 0.2) is 9.15 Å². The highest BCUT2D eigenvalue weighted by Gasteiger charge is 2.34. The van der Waals surface area contributed by atoms with Gasteiger partial charge in [0.25, 0.3) is 0 Å². The van der Waals surface area contributed by atoms with E-state index >= 15 is 0 Å². The van der Waals surface area contributed by atoms with Gasteiger partial charge < -0.3 is 4.74 Å². The second-order valence-corrected chi connectivity index (χ2v) is 6.57. The molecule has 126 valence electrons. The first kappa shape index (κ1) is 18.2. The Hall–Kier alpha value is -1.19. The first-order valence-electron chi connectivity index (χ1n) is 6.77. The van der Waals surface area contributed by atoms with Crippen LogP contribution in [-0.2, 0) is 4.74 Å². The van der Waals surface area contributed by atoms with Crippen molar-refractivity contribution < 1.29 is 31.5 Å². The zero-order valence-corrected chi connectivity index (χ0v) is 14.3. The van der Waals surface area contributed by atoms with Gasteiger partial charge in [0.05, 0.1) is 0 Å². The maximum Gasteiger partial charge on any atom is 0.345 e. The molecule has 0 bridgehead atoms. The fourth-order valence-electron chi connectivity index (χ4n) is 2.39. The summed E-state index contributed by atoms with van der Waals surface area (Å²) in [6.45, 7) is 3.89. The zero-order valence-electron chi connectivity index (χ0n) is 12.2. The second-order valence-electron chi connectivity index (χ2n) is 5.41. The van der Waals surface area contributed by atoms with E-state index in [-0.39, 0.29) is 5.92 Å². The molecule has 8 heteroatoms. The lowest BCUT2D eigenvalue weighted by Crippen LogP contribution is -2.20. The molecule has 0 N–H and O–H groups in total. The molecule has 0 saturated carbocycles. The van der Waals surface area contributed by atoms with Crippen LogP contribution in [0.4, 0.5) is 22.0 Å². The van der Waals surface area contributed by atoms with Crippen molar-refractivity contribution in [2.24, 2.45) is 5.92 Å². The summed E-state index contributed by atoms with van der Waals surface area (Å²) in [7, 11) is 0. The van der Waals surface area contributed by atoms with Crippen molar-refractivity contribution in [1.82, 2.24) is 0 Å². The first-order valence-corrected chi connectivity index (χ1v) is 7.85. The maximum absolute atomic E-state index is 13.6. The molecule has 1 aromatic rings. The SMILES string of the molecule is CC(C)C1=C(I)[C@H](OC(=O)c2c(F)c(F)c(F)c(F)c2F)CC1. The summed E-state index contributed by atoms with van der Waals surface area (Å²) in [5.74, 6) is -12.4. The average Bonchev–Trinajstić information content (AvgIpc) is 2.84. The van der Waals surface area contributed by atoms with Gasteiger partial charge in [0.1, 0.15) is 11.7 Å². The monoisotopic (exact) mass is 446 g/mol. The second kappa shape index (κ2) is 6.74. The standard InChI is InChI=1S/C15H12F5IO2/c1-5(2)6-3-4-7(14(6)21)23-15(22)8-9(16)11(18)13(20)12(19)10(8)17/h5,7H,3-4H2,1-2H3/t7-/m1/s1. The van der Waals surface area contributed by atoms with Crippen LogP contribution in [0.2, 0.25) is 0 Å². The lowest BCUT2D eigenvalue weighted by atomic mass is 10.0. The Morgan fingerprint density at radius 3 is 1.96 bits per heavy atom. The number of carbonyl (C=O) groups excluding carboxylic acids is 1. The van der Waals surface area contributed by atoms with E-state index in [1.807, 2.05) is 36.4 Å². The van der Waals surface area contributed by atoms with Crippen LogP contribution in [-0.4, -0.2) is 12.1 Å². The third kappa shape index (κ3) is 3.22. The molecule has 23 heavy (non-hydrogen) atoms. The number of halogens is 6. The number of ether oxygens (including phenoxy) is 1. The van der Waals surface area contributed by atoms with E-state index in [0.717, 1.165) is 9.15 Å². The Balaban J connectivity index is 2.34. The minimum atomic E-state index is -2.31. The van der Waals surface area contributed by atoms with E-state index in [9.17, 15) is 26.7 Å². The molecule has 1 atom stereocenters. The normalized spacial score (nSPS) is 18.0. The van der Waals surface area contributed by atoms with Gasteiger partial charge in [-0.3, -0.25) is 0 Å². The lowest BCUT2D eigenvalue weighted by Gasteiger charge is -2.14. The Labute approximate surface area is 142 Å². The number of hydrogen-bond acceptors (Lipinski definition) is 2. The molecule has 0 unspecified atom stereocenters. The van der Waals surface area contributed by atoms with Crippen LogP contribution < -0.4 is 0 Å². The number of benzene rings is 1. The molecule has 2 rings (SSSR count). The third-order valence-corrected chi connectivity index (χ3v) is 5.01. The molecule has 1 aromatic carbocycles. The van der Waals surface area contributed by atoms with Crippen LogP contribution >= 0.6 is 22.6 Å². The Kier molecular flexibility index (Phi) is 5.32. The highest BCUT2D eigenvalue weighted by Crippen LogP contribution is 2.38. The average molecular weight is 446 g/mol. The van der Waals surface area contributed by atoms with Crippen LogP contribution in [0, 0.1) is 35.0 Å². The van der Waals surface area contributed by atoms with Crippen molar-refractivity contribution in [2.45, 2.75) is 32.8 Å². The predicted octanol–water partition coefficient (Wildman–Crippen LogP) is 5.05. The smallest absolute Gasteiger partial charge is 0.345 e. The van der Waals surface area contributed by atoms with Crippen molar-refractivity contribution in [3.05, 3.63) is 43.8 Å². The van der Waals surface area contributed by atoms with Crippen molar-refractivity contribution in [1.29, 1.82) is 0 Å². The molecule has 1 aliphatic carbocycles. The van der Waals surface area contributed by atoms with Gasteiger partial charge in [-0.15, -0.1) is 0 Å². The molecule has 0 spiro atoms. The largest absolute Gasteiger partial charge is 0.453 e. The fraction of sp³-hybridized carbons (Fsp3) is 0.400. The summed E-state index contributed by atoms with van der Waals surface area (Å²) in [6.07, 6.45) is 0.313. The van der Waals surface area contributed by atoms with E-state index in [0.29, 0.717) is 12.8 Å². The number of hydrogen-bond donors (Lipinski definition) is 0. The summed E-state index contributed by atoms with van der Waals surface area (Å²) in [5, 5.41) is 0. The van der Waals surface area contributed by atoms with E-state index in [2.05, 4.69) is 0 Å². The maximum atomic E-state index is 13.6. The number of rotatable bonds is 3. The van der Waals surface area contributed by atoms with Gasteiger partial charge >= 0.3 is 5.97 Å². The topological polar surface area (TPSA) is 26.3 Å². The van der Waals surface area contributed by atoms with E-state index in [4.69, 9.17) is 4.74 Å². The Morgan fingerprint density at radius 1 is 1.04 bits per heavy atom. The van der Waals surface area contributed by atoms with Gasteiger partial charge in [-0.1, -0.05) is 19.4 Å². The van der Waals surface area contributed by atoms with E-state index in [1.54, 1.807) is 0 Å².